The molecule has 0 spiro atoms. The summed E-state index contributed by atoms with van der Waals surface area (Å²) in [5.41, 5.74) is 3.88. The zero-order valence-electron chi connectivity index (χ0n) is 16.9. The predicted molar refractivity (Wildman–Crippen MR) is 125 cm³/mol. The number of fused-ring (bicyclic) bond motifs is 4. The zero-order chi connectivity index (χ0) is 22.6. The van der Waals surface area contributed by atoms with Gasteiger partial charge in [-0.25, -0.2) is 9.97 Å². The van der Waals surface area contributed by atoms with E-state index in [1.54, 1.807) is 24.3 Å². The molecule has 0 bridgehead atoms. The Morgan fingerprint density at radius 1 is 0.750 bits per heavy atom. The number of hydrogen-bond acceptors (Lipinski definition) is 8. The van der Waals surface area contributed by atoms with Crippen LogP contribution in [0, 0.1) is 13.8 Å². The Balaban J connectivity index is 1.96. The molecule has 32 heavy (non-hydrogen) atoms. The molecule has 0 saturated carbocycles. The van der Waals surface area contributed by atoms with Gasteiger partial charge in [-0.05, 0) is 50.2 Å². The molecule has 0 aliphatic carbocycles. The minimum absolute atomic E-state index is 0.0390. The maximum atomic E-state index is 11.6. The van der Waals surface area contributed by atoms with E-state index in [1.807, 2.05) is 38.1 Å². The summed E-state index contributed by atoms with van der Waals surface area (Å²) >= 11 is 0.226. The number of nitrogens with zero attached hydrogens (tertiary/aromatic N) is 2. The van der Waals surface area contributed by atoms with Crippen molar-refractivity contribution >= 4 is 66.3 Å². The molecular weight excluding hydrogens is 452 g/mol. The molecule has 5 aromatic rings. The van der Waals surface area contributed by atoms with Crippen LogP contribution in [0.4, 0.5) is 0 Å². The van der Waals surface area contributed by atoms with Crippen molar-refractivity contribution in [1.29, 1.82) is 0 Å². The second kappa shape index (κ2) is 7.45. The summed E-state index contributed by atoms with van der Waals surface area (Å²) in [5.74, 6) is 0.369. The smallest absolute Gasteiger partial charge is 0.399 e. The topological polar surface area (TPSA) is 119 Å². The van der Waals surface area contributed by atoms with Crippen molar-refractivity contribution in [3.05, 3.63) is 59.7 Å². The molecule has 2 heterocycles. The molecule has 0 amide bonds. The van der Waals surface area contributed by atoms with Gasteiger partial charge in [0.05, 0.1) is 22.1 Å². The fraction of sp³-hybridized carbons (Fsp3) is 0.0909. The monoisotopic (exact) mass is 468 g/mol. The second-order valence-electron chi connectivity index (χ2n) is 7.48. The Labute approximate surface area is 187 Å². The first-order chi connectivity index (χ1) is 15.2. The molecule has 3 aromatic carbocycles. The van der Waals surface area contributed by atoms with Gasteiger partial charge < -0.3 is 8.37 Å². The molecule has 0 saturated heterocycles. The highest BCUT2D eigenvalue weighted by molar-refractivity contribution is 7.89. The van der Waals surface area contributed by atoms with Crippen LogP contribution in [-0.4, -0.2) is 27.5 Å². The summed E-state index contributed by atoms with van der Waals surface area (Å²) in [6.07, 6.45) is 0. The summed E-state index contributed by atoms with van der Waals surface area (Å²) in [6, 6.07) is 14.3. The van der Waals surface area contributed by atoms with E-state index in [-0.39, 0.29) is 18.1 Å². The van der Waals surface area contributed by atoms with Crippen molar-refractivity contribution in [3.63, 3.8) is 0 Å². The Hall–Kier alpha value is -3.18. The third kappa shape index (κ3) is 3.56. The van der Waals surface area contributed by atoms with E-state index in [1.165, 1.54) is 0 Å². The van der Waals surface area contributed by atoms with Crippen LogP contribution in [0.3, 0.4) is 0 Å². The second-order valence-corrected chi connectivity index (χ2v) is 8.82. The van der Waals surface area contributed by atoms with Crippen LogP contribution in [0.25, 0.3) is 43.6 Å². The fourth-order valence-electron chi connectivity index (χ4n) is 3.86. The molecular formula is C22H16N2O6S2. The summed E-state index contributed by atoms with van der Waals surface area (Å²) in [5, 5.41) is 2.08. The first-order valence-electron chi connectivity index (χ1n) is 9.47. The van der Waals surface area contributed by atoms with Gasteiger partial charge in [-0.2, -0.15) is 8.42 Å². The van der Waals surface area contributed by atoms with E-state index in [4.69, 9.17) is 8.37 Å². The van der Waals surface area contributed by atoms with Gasteiger partial charge in [-0.15, -0.1) is 0 Å². The molecule has 5 rings (SSSR count). The third-order valence-electron chi connectivity index (χ3n) is 5.19. The maximum absolute atomic E-state index is 11.6. The highest BCUT2D eigenvalue weighted by Gasteiger charge is 2.20. The van der Waals surface area contributed by atoms with Gasteiger partial charge in [-0.3, -0.25) is 9.11 Å². The number of aryl methyl sites for hydroxylation is 2. The third-order valence-corrected chi connectivity index (χ3v) is 5.81. The van der Waals surface area contributed by atoms with Crippen LogP contribution in [0.1, 0.15) is 11.1 Å². The highest BCUT2D eigenvalue weighted by atomic mass is 32.3. The quantitative estimate of drug-likeness (QED) is 0.203. The lowest BCUT2D eigenvalue weighted by atomic mass is 10.0. The van der Waals surface area contributed by atoms with Crippen molar-refractivity contribution in [2.45, 2.75) is 13.8 Å². The van der Waals surface area contributed by atoms with Crippen LogP contribution in [0.15, 0.2) is 48.5 Å². The Morgan fingerprint density at radius 3 is 1.72 bits per heavy atom. The van der Waals surface area contributed by atoms with Crippen molar-refractivity contribution < 1.29 is 25.9 Å². The standard InChI is InChI=1S/C22H16N2O6S2/c1-11-3-5-17-13(7-11)21(29-31-25)15-9-20-16(10-19(15)23-17)22(30-32(26,27)28)14-8-12(2)4-6-18(14)24-20/h3-10,25H,1-2H3,(H,26,27,28). The van der Waals surface area contributed by atoms with E-state index in [9.17, 15) is 17.5 Å². The fourth-order valence-corrected chi connectivity index (χ4v) is 4.50. The SMILES string of the molecule is Cc1ccc2nc3cc4c(OS(=O)(=O)O)c5cc(C)ccc5nc4cc3c(OSO)c2c1. The molecule has 0 aliphatic heterocycles. The molecule has 0 fully saturated rings. The van der Waals surface area contributed by atoms with Crippen molar-refractivity contribution in [3.8, 4) is 11.5 Å². The Kier molecular flexibility index (Phi) is 4.82. The predicted octanol–water partition coefficient (Wildman–Crippen LogP) is 5.39. The first-order valence-corrected chi connectivity index (χ1v) is 11.5. The summed E-state index contributed by atoms with van der Waals surface area (Å²) < 4.78 is 52.6. The largest absolute Gasteiger partial charge is 0.446 e. The molecule has 0 radical (unpaired) electrons. The first kappa shape index (κ1) is 20.7. The van der Waals surface area contributed by atoms with Gasteiger partial charge in [0.25, 0.3) is 0 Å². The average Bonchev–Trinajstić information content (AvgIpc) is 2.72. The van der Waals surface area contributed by atoms with E-state index in [0.717, 1.165) is 11.1 Å². The molecule has 0 aliphatic rings. The van der Waals surface area contributed by atoms with Gasteiger partial charge in [0.15, 0.2) is 11.5 Å². The van der Waals surface area contributed by atoms with E-state index < -0.39 is 10.4 Å². The number of pyridine rings is 2. The Morgan fingerprint density at radius 2 is 1.22 bits per heavy atom. The molecule has 10 heteroatoms. The van der Waals surface area contributed by atoms with Crippen LogP contribution in [-0.2, 0) is 10.4 Å². The lowest BCUT2D eigenvalue weighted by Crippen LogP contribution is -2.08. The van der Waals surface area contributed by atoms with Gasteiger partial charge in [-0.1, -0.05) is 23.3 Å². The van der Waals surface area contributed by atoms with E-state index in [0.29, 0.717) is 49.4 Å². The molecule has 162 valence electrons. The number of benzene rings is 3. The van der Waals surface area contributed by atoms with Gasteiger partial charge in [0.2, 0.25) is 12.3 Å². The minimum atomic E-state index is -4.79. The zero-order valence-corrected chi connectivity index (χ0v) is 18.5. The van der Waals surface area contributed by atoms with E-state index >= 15 is 0 Å². The van der Waals surface area contributed by atoms with Gasteiger partial charge in [0.1, 0.15) is 0 Å². The summed E-state index contributed by atoms with van der Waals surface area (Å²) in [4.78, 5) is 9.33. The number of rotatable bonds is 4. The van der Waals surface area contributed by atoms with Crippen molar-refractivity contribution in [2.75, 3.05) is 0 Å². The maximum Gasteiger partial charge on any atom is 0.446 e. The normalized spacial score (nSPS) is 12.1. The number of aromatic nitrogens is 2. The lowest BCUT2D eigenvalue weighted by molar-refractivity contribution is 0.390. The Bertz CT molecular complexity index is 1670. The number of hydrogen-bond donors (Lipinski definition) is 2. The molecule has 0 atom stereocenters. The van der Waals surface area contributed by atoms with Crippen molar-refractivity contribution in [1.82, 2.24) is 9.97 Å². The van der Waals surface area contributed by atoms with Crippen LogP contribution < -0.4 is 8.37 Å². The molecule has 2 aromatic heterocycles. The highest BCUT2D eigenvalue weighted by Crippen LogP contribution is 2.41. The van der Waals surface area contributed by atoms with Gasteiger partial charge >= 0.3 is 10.4 Å². The van der Waals surface area contributed by atoms with E-state index in [2.05, 4.69) is 9.97 Å². The minimum Gasteiger partial charge on any atom is -0.399 e. The summed E-state index contributed by atoms with van der Waals surface area (Å²) in [6.45, 7) is 3.79. The summed E-state index contributed by atoms with van der Waals surface area (Å²) in [7, 11) is -4.79. The van der Waals surface area contributed by atoms with Crippen LogP contribution >= 0.6 is 12.3 Å². The molecule has 0 unspecified atom stereocenters. The van der Waals surface area contributed by atoms with Gasteiger partial charge in [0, 0.05) is 21.5 Å². The molecule has 8 nitrogen and oxygen atoms in total. The lowest BCUT2D eigenvalue weighted by Gasteiger charge is -2.14. The average molecular weight is 469 g/mol. The molecule has 2 N–H and O–H groups in total. The van der Waals surface area contributed by atoms with Crippen LogP contribution in [0.2, 0.25) is 0 Å². The van der Waals surface area contributed by atoms with Crippen molar-refractivity contribution in [2.24, 2.45) is 0 Å². The van der Waals surface area contributed by atoms with Crippen LogP contribution in [0.5, 0.6) is 11.5 Å².